The molecule has 43 heteroatoms. The van der Waals surface area contributed by atoms with Gasteiger partial charge < -0.3 is 73.3 Å². The van der Waals surface area contributed by atoms with E-state index in [9.17, 15) is 89.8 Å². The number of carbonyl (C=O) groups excluding carboxylic acids is 5. The molecule has 0 radical (unpaired) electrons. The van der Waals surface area contributed by atoms with Gasteiger partial charge in [-0.2, -0.15) is 71.1 Å². The molecule has 0 unspecified atom stereocenters. The highest BCUT2D eigenvalue weighted by atomic mass is 33.1. The molecule has 0 spiro atoms. The molecule has 4 atom stereocenters. The lowest BCUT2D eigenvalue weighted by molar-refractivity contribution is -0.193. The third-order valence-corrected chi connectivity index (χ3v) is 14.1. The second-order valence-electron chi connectivity index (χ2n) is 19.2. The van der Waals surface area contributed by atoms with Gasteiger partial charge in [0, 0.05) is 61.0 Å². The summed E-state index contributed by atoms with van der Waals surface area (Å²) in [5, 5.41) is 48.3. The first-order valence-electron chi connectivity index (χ1n) is 27.2. The van der Waals surface area contributed by atoms with Crippen LogP contribution in [0, 0.1) is 18.3 Å². The van der Waals surface area contributed by atoms with Crippen molar-refractivity contribution in [1.29, 1.82) is 5.26 Å². The van der Waals surface area contributed by atoms with Crippen LogP contribution in [0.2, 0.25) is 0 Å². The van der Waals surface area contributed by atoms with Gasteiger partial charge in [0.1, 0.15) is 55.4 Å². The molecule has 26 nitrogen and oxygen atoms in total. The molecule has 1 aromatic heterocycles. The Morgan fingerprint density at radius 1 is 0.714 bits per heavy atom. The van der Waals surface area contributed by atoms with Crippen molar-refractivity contribution in [1.82, 2.24) is 36.1 Å². The minimum atomic E-state index is -5.08. The number of nitrogens with one attached hydrogen (secondary N) is 4. The van der Waals surface area contributed by atoms with Gasteiger partial charge in [0.25, 0.3) is 5.91 Å². The number of benzene rings is 3. The number of carboxylic acid groups (broad SMARTS) is 4. The van der Waals surface area contributed by atoms with E-state index in [0.29, 0.717) is 51.0 Å². The summed E-state index contributed by atoms with van der Waals surface area (Å²) in [5.41, 5.74) is 21.3. The number of halogens is 15. The van der Waals surface area contributed by atoms with Crippen molar-refractivity contribution in [3.8, 4) is 40.1 Å². The van der Waals surface area contributed by atoms with E-state index in [1.165, 1.54) is 31.0 Å². The number of aliphatic carboxylic acids is 4. The molecule has 98 heavy (non-hydrogen) atoms. The number of nitrogens with two attached hydrogens (primary N) is 3. The number of hydrogen-bond acceptors (Lipinski definition) is 19. The molecule has 542 valence electrons. The summed E-state index contributed by atoms with van der Waals surface area (Å²) in [7, 11) is 3.84. The smallest absolute Gasteiger partial charge is 0.490 e. The summed E-state index contributed by atoms with van der Waals surface area (Å²) in [6, 6.07) is 13.9. The largest absolute Gasteiger partial charge is 0.492 e. The van der Waals surface area contributed by atoms with Crippen molar-refractivity contribution in [3.63, 3.8) is 0 Å². The lowest BCUT2D eigenvalue weighted by Crippen LogP contribution is -2.56. The van der Waals surface area contributed by atoms with Gasteiger partial charge in [-0.1, -0.05) is 58.0 Å². The highest BCUT2D eigenvalue weighted by Crippen LogP contribution is 2.40. The van der Waals surface area contributed by atoms with Gasteiger partial charge in [-0.3, -0.25) is 24.0 Å². The summed E-state index contributed by atoms with van der Waals surface area (Å²) in [6.07, 6.45) is -24.1. The predicted octanol–water partition coefficient (Wildman–Crippen LogP) is 5.99. The second-order valence-corrected chi connectivity index (χ2v) is 21.8. The van der Waals surface area contributed by atoms with Crippen molar-refractivity contribution in [2.45, 2.75) is 93.9 Å². The summed E-state index contributed by atoms with van der Waals surface area (Å²) >= 11 is 0. The van der Waals surface area contributed by atoms with E-state index in [2.05, 4.69) is 31.2 Å². The SMILES string of the molecule is Cc1nc(-c2ccc(CSSCCC(F)(F)F)cc2)ncc1C(=O)N[C@@H](CCN)C(=O)N(C)[C@@H]1C(=O)N[C@@H](C)C(=O)N[C@H](C(=O)NCC#N)Cc2ccc(OCCN)c(c2)-c2cc1ccc2OCCN.O=C(O)C(F)(F)F.O=C(O)C(F)(F)F.O=C(O)C(F)(F)F.O=C(O)C(F)(F)F. The number of aromatic nitrogens is 2. The van der Waals surface area contributed by atoms with Gasteiger partial charge in [0.05, 0.1) is 23.7 Å². The molecule has 3 aromatic carbocycles. The third kappa shape index (κ3) is 30.8. The molecule has 2 heterocycles. The number of ether oxygens (including phenoxy) is 2. The lowest BCUT2D eigenvalue weighted by atomic mass is 9.93. The molecule has 4 bridgehead atoms. The van der Waals surface area contributed by atoms with Crippen LogP contribution in [-0.2, 0) is 50.5 Å². The maximum atomic E-state index is 14.7. The number of likely N-dealkylation sites (N-methyl/N-ethyl adjacent to an activating group) is 1. The monoisotopic (exact) mass is 1460 g/mol. The Kier molecular flexibility index (Phi) is 35.1. The summed E-state index contributed by atoms with van der Waals surface area (Å²) in [4.78, 5) is 116. The van der Waals surface area contributed by atoms with Crippen molar-refractivity contribution >= 4 is 75.0 Å². The van der Waals surface area contributed by atoms with Gasteiger partial charge in [-0.15, -0.1) is 0 Å². The van der Waals surface area contributed by atoms with E-state index in [1.807, 2.05) is 18.2 Å². The molecule has 4 aromatic rings. The maximum absolute atomic E-state index is 14.7. The number of carboxylic acids is 4. The summed E-state index contributed by atoms with van der Waals surface area (Å²) in [5.74, 6) is -13.1. The zero-order chi connectivity index (χ0) is 75.3. The highest BCUT2D eigenvalue weighted by molar-refractivity contribution is 8.76. The zero-order valence-corrected chi connectivity index (χ0v) is 52.4. The molecule has 0 saturated carbocycles. The van der Waals surface area contributed by atoms with E-state index in [4.69, 9.17) is 71.5 Å². The Morgan fingerprint density at radius 3 is 1.65 bits per heavy atom. The van der Waals surface area contributed by atoms with Gasteiger partial charge in [-0.05, 0) is 67.8 Å². The predicted molar refractivity (Wildman–Crippen MR) is 315 cm³/mol. The first-order chi connectivity index (χ1) is 45.2. The summed E-state index contributed by atoms with van der Waals surface area (Å²) in [6.45, 7) is 3.22. The van der Waals surface area contributed by atoms with E-state index < -0.39 is 115 Å². The van der Waals surface area contributed by atoms with Gasteiger partial charge in [0.15, 0.2) is 5.82 Å². The third-order valence-electron chi connectivity index (χ3n) is 11.8. The van der Waals surface area contributed by atoms with Crippen LogP contribution in [-0.4, -0.2) is 190 Å². The van der Waals surface area contributed by atoms with Crippen LogP contribution >= 0.6 is 21.6 Å². The van der Waals surface area contributed by atoms with Crippen LogP contribution in [0.5, 0.6) is 11.5 Å². The molecule has 5 rings (SSSR count). The van der Waals surface area contributed by atoms with Crippen molar-refractivity contribution in [3.05, 3.63) is 94.8 Å². The van der Waals surface area contributed by atoms with E-state index in [-0.39, 0.29) is 69.1 Å². The fraction of sp³-hybridized carbons (Fsp3) is 0.418. The number of fused-ring (bicyclic) bond motifs is 5. The lowest BCUT2D eigenvalue weighted by Gasteiger charge is -2.32. The van der Waals surface area contributed by atoms with Gasteiger partial charge in [-0.25, -0.2) is 29.1 Å². The van der Waals surface area contributed by atoms with Crippen molar-refractivity contribution in [2.75, 3.05) is 52.2 Å². The van der Waals surface area contributed by atoms with Crippen LogP contribution in [0.1, 0.15) is 58.5 Å². The Morgan fingerprint density at radius 2 is 1.20 bits per heavy atom. The van der Waals surface area contributed by atoms with Crippen LogP contribution in [0.15, 0.2) is 66.9 Å². The summed E-state index contributed by atoms with van der Waals surface area (Å²) < 4.78 is 177. The number of carbonyl (C=O) groups is 9. The number of aryl methyl sites for hydroxylation is 1. The van der Waals surface area contributed by atoms with Crippen LogP contribution in [0.4, 0.5) is 65.9 Å². The van der Waals surface area contributed by atoms with E-state index in [0.717, 1.165) is 21.3 Å². The standard InChI is InChI=1S/C47H56F3N11O7S2.4C2HF3O2/c1-27-35(25-56-41(57-27)31-7-4-29(5-8-31)26-70-69-21-13-47(48,49)50)43(63)59-36(12-14-51)46(66)61(3)40-32-9-11-39(68-20-17-54)34(24-32)33-22-30(6-10-38(33)67-19-16-53)23-37(44(64)55-18-15-52)60-42(62)28(2)58-45(40)65;4*3-2(4,5)1(6)7/h4-11,22,24-25,28,36-37,40H,12-14,16-21,23,26,51,53-54H2,1-3H3,(H,55,64)(H,58,65)(H,59,63)(H,60,62);4*(H,6,7)/t28-,36-,37-,40-;;;;/m0..../s1. The molecule has 1 aliphatic heterocycles. The normalized spacial score (nSPS) is 14.9. The Hall–Kier alpha value is -9.41. The maximum Gasteiger partial charge on any atom is 0.490 e. The van der Waals surface area contributed by atoms with Crippen LogP contribution in [0.25, 0.3) is 22.5 Å². The Bertz CT molecular complexity index is 3320. The van der Waals surface area contributed by atoms with Crippen molar-refractivity contribution < 1.29 is 139 Å². The van der Waals surface area contributed by atoms with Crippen LogP contribution < -0.4 is 47.9 Å². The highest BCUT2D eigenvalue weighted by Gasteiger charge is 2.41. The minimum absolute atomic E-state index is 0.0216. The molecular weight excluding hydrogens is 1400 g/mol. The van der Waals surface area contributed by atoms with Crippen LogP contribution in [0.3, 0.4) is 0 Å². The number of amides is 5. The topological polar surface area (TPSA) is 432 Å². The zero-order valence-electron chi connectivity index (χ0n) is 50.7. The van der Waals surface area contributed by atoms with Gasteiger partial charge >= 0.3 is 54.8 Å². The van der Waals surface area contributed by atoms with E-state index >= 15 is 0 Å². The Balaban J connectivity index is 0.00000142. The minimum Gasteiger partial charge on any atom is -0.492 e. The number of hydrogen-bond donors (Lipinski definition) is 11. The van der Waals surface area contributed by atoms with Crippen molar-refractivity contribution in [2.24, 2.45) is 17.2 Å². The second kappa shape index (κ2) is 39.7. The van der Waals surface area contributed by atoms with E-state index in [1.54, 1.807) is 55.5 Å². The molecule has 0 aliphatic carbocycles. The molecule has 0 fully saturated rings. The number of nitriles is 1. The number of rotatable bonds is 20. The molecule has 1 aliphatic rings. The molecule has 0 saturated heterocycles. The first-order valence-corrected chi connectivity index (χ1v) is 29.6. The quantitative estimate of drug-likeness (QED) is 0.0209. The first kappa shape index (κ1) is 86.6. The Labute approximate surface area is 551 Å². The van der Waals surface area contributed by atoms with Gasteiger partial charge in [0.2, 0.25) is 23.6 Å². The number of nitrogens with zero attached hydrogens (tertiary/aromatic N) is 4. The average molecular weight is 1460 g/mol. The molecule has 5 amide bonds. The molecule has 14 N–H and O–H groups in total. The molecular formula is C55H60F15N11O15S2. The number of alkyl halides is 15. The fourth-order valence-corrected chi connectivity index (χ4v) is 9.38. The fourth-order valence-electron chi connectivity index (χ4n) is 7.27. The average Bonchev–Trinajstić information content (AvgIpc) is 0.783.